The number of anilines is 1. The van der Waals surface area contributed by atoms with Crippen molar-refractivity contribution in [3.63, 3.8) is 0 Å². The van der Waals surface area contributed by atoms with E-state index in [-0.39, 0.29) is 19.0 Å². The first-order valence-electron chi connectivity index (χ1n) is 13.2. The van der Waals surface area contributed by atoms with Gasteiger partial charge in [0.1, 0.15) is 23.5 Å². The maximum Gasteiger partial charge on any atom is 0.401 e. The van der Waals surface area contributed by atoms with Crippen molar-refractivity contribution in [2.75, 3.05) is 37.7 Å². The summed E-state index contributed by atoms with van der Waals surface area (Å²) < 4.78 is 48.5. The predicted molar refractivity (Wildman–Crippen MR) is 149 cm³/mol. The van der Waals surface area contributed by atoms with Gasteiger partial charge in [-0.2, -0.15) is 13.2 Å². The van der Waals surface area contributed by atoms with Crippen LogP contribution in [0.3, 0.4) is 0 Å². The Kier molecular flexibility index (Phi) is 8.12. The summed E-state index contributed by atoms with van der Waals surface area (Å²) in [7, 11) is 0. The van der Waals surface area contributed by atoms with Crippen LogP contribution >= 0.6 is 11.6 Å². The number of benzene rings is 2. The van der Waals surface area contributed by atoms with Crippen LogP contribution < -0.4 is 21.1 Å². The van der Waals surface area contributed by atoms with Crippen molar-refractivity contribution in [1.82, 2.24) is 19.4 Å². The maximum absolute atomic E-state index is 13.6. The number of aromatic nitrogens is 2. The van der Waals surface area contributed by atoms with Crippen LogP contribution in [0.1, 0.15) is 25.3 Å². The average molecular weight is 576 g/mol. The Balaban J connectivity index is 1.67. The van der Waals surface area contributed by atoms with E-state index in [9.17, 15) is 13.2 Å². The van der Waals surface area contributed by atoms with E-state index >= 15 is 0 Å². The summed E-state index contributed by atoms with van der Waals surface area (Å²) in [4.78, 5) is 9.42. The van der Waals surface area contributed by atoms with Crippen LogP contribution in [0.4, 0.5) is 18.9 Å². The lowest BCUT2D eigenvalue weighted by Crippen LogP contribution is -2.67. The summed E-state index contributed by atoms with van der Waals surface area (Å²) in [6.45, 7) is 4.00. The van der Waals surface area contributed by atoms with Gasteiger partial charge in [0.25, 0.3) is 0 Å². The smallest absolute Gasteiger partial charge is 0.401 e. The van der Waals surface area contributed by atoms with E-state index in [0.717, 1.165) is 28.2 Å². The van der Waals surface area contributed by atoms with Crippen molar-refractivity contribution < 1.29 is 17.9 Å². The number of likely N-dealkylation sites (N-methyl/N-ethyl adjacent to an activating group) is 1. The lowest BCUT2D eigenvalue weighted by molar-refractivity contribution is -0.146. The Morgan fingerprint density at radius 3 is 2.48 bits per heavy atom. The highest BCUT2D eigenvalue weighted by Gasteiger charge is 2.45. The second kappa shape index (κ2) is 11.4. The van der Waals surface area contributed by atoms with Crippen LogP contribution in [-0.2, 0) is 0 Å². The molecule has 0 aliphatic carbocycles. The molecule has 0 spiro atoms. The average Bonchev–Trinajstić information content (AvgIpc) is 3.35. The molecule has 3 aromatic rings. The molecule has 0 saturated heterocycles. The molecular formula is C28H33ClF3N7O. The van der Waals surface area contributed by atoms with E-state index < -0.39 is 25.2 Å². The van der Waals surface area contributed by atoms with E-state index in [1.807, 2.05) is 72.2 Å². The second-order valence-corrected chi connectivity index (χ2v) is 10.3. The molecule has 2 aliphatic rings. The minimum absolute atomic E-state index is 0.0863. The maximum atomic E-state index is 13.6. The summed E-state index contributed by atoms with van der Waals surface area (Å²) in [6, 6.07) is 15.3. The zero-order valence-electron chi connectivity index (χ0n) is 22.4. The summed E-state index contributed by atoms with van der Waals surface area (Å²) in [6.07, 6.45) is -2.33. The van der Waals surface area contributed by atoms with Gasteiger partial charge in [0.05, 0.1) is 25.0 Å². The number of alkyl halides is 3. The number of hydrogen-bond donors (Lipinski definition) is 2. The van der Waals surface area contributed by atoms with Crippen LogP contribution in [-0.4, -0.2) is 70.8 Å². The highest BCUT2D eigenvalue weighted by atomic mass is 35.5. The fourth-order valence-electron chi connectivity index (χ4n) is 5.74. The summed E-state index contributed by atoms with van der Waals surface area (Å²) in [5.41, 5.74) is 17.5. The van der Waals surface area contributed by atoms with E-state index in [2.05, 4.69) is 4.98 Å². The topological polar surface area (TPSA) is 88.8 Å². The van der Waals surface area contributed by atoms with Gasteiger partial charge in [-0.25, -0.2) is 4.98 Å². The van der Waals surface area contributed by atoms with Crippen LogP contribution in [0, 0.1) is 0 Å². The zero-order chi connectivity index (χ0) is 28.6. The van der Waals surface area contributed by atoms with Crippen molar-refractivity contribution >= 4 is 17.3 Å². The Hall–Kier alpha value is -3.09. The normalized spacial score (nSPS) is 22.5. The molecule has 0 fully saturated rings. The van der Waals surface area contributed by atoms with Gasteiger partial charge >= 0.3 is 6.18 Å². The molecule has 3 atom stereocenters. The highest BCUT2D eigenvalue weighted by Crippen LogP contribution is 2.43. The first-order chi connectivity index (χ1) is 19.1. The van der Waals surface area contributed by atoms with Crippen LogP contribution in [0.5, 0.6) is 5.75 Å². The minimum Gasteiger partial charge on any atom is -0.492 e. The molecule has 0 amide bonds. The first kappa shape index (κ1) is 28.4. The van der Waals surface area contributed by atoms with Crippen LogP contribution in [0.2, 0.25) is 5.15 Å². The fraction of sp³-hybridized carbons (Fsp3) is 0.393. The van der Waals surface area contributed by atoms with Gasteiger partial charge in [-0.1, -0.05) is 48.9 Å². The molecule has 5 rings (SSSR count). The second-order valence-electron chi connectivity index (χ2n) is 9.91. The van der Waals surface area contributed by atoms with Gasteiger partial charge in [0.2, 0.25) is 0 Å². The van der Waals surface area contributed by atoms with Crippen LogP contribution in [0.15, 0.2) is 72.3 Å². The number of ether oxygens (including phenoxy) is 1. The number of nitrogens with zero attached hydrogens (tertiary/aromatic N) is 5. The van der Waals surface area contributed by atoms with Gasteiger partial charge in [-0.3, -0.25) is 15.5 Å². The standard InChI is InChI=1S/C28H33ClF3N7O/c1-3-38-26(33)21-14-36(16-28(30,31)32)13-20(18-8-6-5-7-9-18)25(21)39(27(38)34)19-10-11-22(23(12-19)40-4-2)37-15-24(29)35-17-37/h5-12,15,17,20,26-27H,3-4,13-14,16,33-34H2,1-2H3. The molecule has 40 heavy (non-hydrogen) atoms. The van der Waals surface area contributed by atoms with Gasteiger partial charge in [-0.05, 0) is 30.2 Å². The van der Waals surface area contributed by atoms with E-state index in [1.54, 1.807) is 17.1 Å². The molecule has 3 heterocycles. The Labute approximate surface area is 236 Å². The van der Waals surface area contributed by atoms with Gasteiger partial charge < -0.3 is 19.9 Å². The van der Waals surface area contributed by atoms with Crippen molar-refractivity contribution in [2.45, 2.75) is 38.4 Å². The SMILES string of the molecule is CCOc1cc(N2C3=C(CN(CC(F)(F)F)CC3c3ccccc3)C(N)N(CC)C2N)ccc1-n1cnc(Cl)c1. The molecule has 0 radical (unpaired) electrons. The third kappa shape index (κ3) is 5.57. The van der Waals surface area contributed by atoms with Crippen molar-refractivity contribution in [1.29, 1.82) is 0 Å². The number of halogens is 4. The van der Waals surface area contributed by atoms with Crippen molar-refractivity contribution in [3.8, 4) is 11.4 Å². The third-order valence-electron chi connectivity index (χ3n) is 7.39. The zero-order valence-corrected chi connectivity index (χ0v) is 23.1. The number of imidazole rings is 1. The molecule has 12 heteroatoms. The molecule has 0 bridgehead atoms. The quantitative estimate of drug-likeness (QED) is 0.428. The molecule has 2 aliphatic heterocycles. The van der Waals surface area contributed by atoms with Gasteiger partial charge in [-0.15, -0.1) is 0 Å². The van der Waals surface area contributed by atoms with E-state index in [1.165, 1.54) is 4.90 Å². The molecule has 4 N–H and O–H groups in total. The number of nitrogens with two attached hydrogens (primary N) is 2. The van der Waals surface area contributed by atoms with Gasteiger partial charge in [0, 0.05) is 49.2 Å². The molecule has 0 saturated carbocycles. The van der Waals surface area contributed by atoms with Crippen molar-refractivity contribution in [2.24, 2.45) is 11.5 Å². The van der Waals surface area contributed by atoms with Crippen LogP contribution in [0.25, 0.3) is 5.69 Å². The van der Waals surface area contributed by atoms with E-state index in [4.69, 9.17) is 27.8 Å². The third-order valence-corrected chi connectivity index (χ3v) is 7.59. The minimum atomic E-state index is -4.34. The summed E-state index contributed by atoms with van der Waals surface area (Å²) in [5.74, 6) is 0.207. The summed E-state index contributed by atoms with van der Waals surface area (Å²) in [5, 5.41) is 0.350. The molecule has 3 unspecified atom stereocenters. The Morgan fingerprint density at radius 2 is 1.85 bits per heavy atom. The van der Waals surface area contributed by atoms with Gasteiger partial charge in [0.15, 0.2) is 0 Å². The fourth-order valence-corrected chi connectivity index (χ4v) is 5.89. The molecular weight excluding hydrogens is 543 g/mol. The molecule has 214 valence electrons. The monoisotopic (exact) mass is 575 g/mol. The first-order valence-corrected chi connectivity index (χ1v) is 13.6. The summed E-state index contributed by atoms with van der Waals surface area (Å²) >= 11 is 6.06. The Bertz CT molecular complexity index is 1360. The predicted octanol–water partition coefficient (Wildman–Crippen LogP) is 4.51. The van der Waals surface area contributed by atoms with Crippen molar-refractivity contribution in [3.05, 3.63) is 83.0 Å². The Morgan fingerprint density at radius 1 is 1.10 bits per heavy atom. The lowest BCUT2D eigenvalue weighted by Gasteiger charge is -2.53. The largest absolute Gasteiger partial charge is 0.492 e. The molecule has 8 nitrogen and oxygen atoms in total. The van der Waals surface area contributed by atoms with E-state index in [0.29, 0.717) is 24.1 Å². The number of hydrogen-bond acceptors (Lipinski definition) is 7. The molecule has 1 aromatic heterocycles. The molecule has 2 aromatic carbocycles. The lowest BCUT2D eigenvalue weighted by atomic mass is 9.85. The highest BCUT2D eigenvalue weighted by molar-refractivity contribution is 6.29. The number of rotatable bonds is 7.